The van der Waals surface area contributed by atoms with E-state index in [2.05, 4.69) is 25.6 Å². The summed E-state index contributed by atoms with van der Waals surface area (Å²) in [6, 6.07) is 1.49. The number of carbonyl (C=O) groups excluding carboxylic acids is 2. The highest BCUT2D eigenvalue weighted by Gasteiger charge is 2.39. The molecule has 1 aliphatic heterocycles. The molecular formula is C18H27N7O2. The van der Waals surface area contributed by atoms with Gasteiger partial charge >= 0.3 is 0 Å². The second-order valence-corrected chi connectivity index (χ2v) is 7.59. The van der Waals surface area contributed by atoms with Crippen molar-refractivity contribution in [2.75, 3.05) is 6.54 Å². The summed E-state index contributed by atoms with van der Waals surface area (Å²) in [6.45, 7) is 8.33. The van der Waals surface area contributed by atoms with E-state index in [1.165, 1.54) is 0 Å². The highest BCUT2D eigenvalue weighted by atomic mass is 16.2. The van der Waals surface area contributed by atoms with Crippen molar-refractivity contribution < 1.29 is 9.59 Å². The number of amides is 2. The standard InChI is InChI=1S/C18H27N7O2/c1-11(2)7-16(26)20-14-8-15(18-19-13(4)21-22-18)25(9-14)17(27)10-24-6-5-12(3)23-24/h5-6,11,14-15H,7-10H2,1-4H3,(H,20,26)(H,19,21,22)/t14-,15-/m0/s1. The van der Waals surface area contributed by atoms with Crippen LogP contribution in [-0.4, -0.2) is 54.3 Å². The number of nitrogens with one attached hydrogen (secondary N) is 2. The number of carbonyl (C=O) groups is 2. The topological polar surface area (TPSA) is 109 Å². The van der Waals surface area contributed by atoms with E-state index in [0.29, 0.717) is 37.0 Å². The van der Waals surface area contributed by atoms with Gasteiger partial charge in [-0.15, -0.1) is 0 Å². The number of likely N-dealkylation sites (tertiary alicyclic amines) is 1. The molecule has 3 rings (SSSR count). The van der Waals surface area contributed by atoms with Gasteiger partial charge in [-0.2, -0.15) is 10.2 Å². The molecule has 9 nitrogen and oxygen atoms in total. The fourth-order valence-corrected chi connectivity index (χ4v) is 3.41. The number of rotatable bonds is 6. The summed E-state index contributed by atoms with van der Waals surface area (Å²) in [7, 11) is 0. The number of H-pyrrole nitrogens is 1. The zero-order chi connectivity index (χ0) is 19.6. The minimum Gasteiger partial charge on any atom is -0.351 e. The molecule has 0 saturated carbocycles. The molecule has 1 aliphatic rings. The minimum atomic E-state index is -0.261. The van der Waals surface area contributed by atoms with Gasteiger partial charge in [0.25, 0.3) is 0 Å². The van der Waals surface area contributed by atoms with Gasteiger partial charge in [0.2, 0.25) is 11.8 Å². The van der Waals surface area contributed by atoms with E-state index in [-0.39, 0.29) is 30.4 Å². The summed E-state index contributed by atoms with van der Waals surface area (Å²) in [4.78, 5) is 31.2. The maximum absolute atomic E-state index is 12.9. The van der Waals surface area contributed by atoms with Crippen molar-refractivity contribution in [3.05, 3.63) is 29.6 Å². The zero-order valence-corrected chi connectivity index (χ0v) is 16.3. The first-order valence-electron chi connectivity index (χ1n) is 9.29. The average molecular weight is 373 g/mol. The van der Waals surface area contributed by atoms with Gasteiger partial charge in [-0.25, -0.2) is 4.98 Å². The number of nitrogens with zero attached hydrogens (tertiary/aromatic N) is 5. The molecule has 0 radical (unpaired) electrons. The summed E-state index contributed by atoms with van der Waals surface area (Å²) >= 11 is 0. The Morgan fingerprint density at radius 1 is 1.37 bits per heavy atom. The van der Waals surface area contributed by atoms with Crippen LogP contribution in [0.4, 0.5) is 0 Å². The molecule has 0 aromatic carbocycles. The third kappa shape index (κ3) is 4.72. The quantitative estimate of drug-likeness (QED) is 0.789. The Labute approximate surface area is 158 Å². The van der Waals surface area contributed by atoms with E-state index in [1.807, 2.05) is 33.8 Å². The van der Waals surface area contributed by atoms with Crippen molar-refractivity contribution in [1.29, 1.82) is 0 Å². The fourth-order valence-electron chi connectivity index (χ4n) is 3.41. The summed E-state index contributed by atoms with van der Waals surface area (Å²) in [6.07, 6.45) is 2.86. The Hall–Kier alpha value is -2.71. The lowest BCUT2D eigenvalue weighted by molar-refractivity contribution is -0.133. The predicted molar refractivity (Wildman–Crippen MR) is 98.5 cm³/mol. The van der Waals surface area contributed by atoms with Crippen molar-refractivity contribution >= 4 is 11.8 Å². The number of aryl methyl sites for hydroxylation is 2. The van der Waals surface area contributed by atoms with E-state index >= 15 is 0 Å². The van der Waals surface area contributed by atoms with E-state index < -0.39 is 0 Å². The van der Waals surface area contributed by atoms with Crippen LogP contribution in [0.1, 0.15) is 50.1 Å². The fraction of sp³-hybridized carbons (Fsp3) is 0.611. The third-order valence-corrected chi connectivity index (χ3v) is 4.56. The maximum atomic E-state index is 12.9. The maximum Gasteiger partial charge on any atom is 0.244 e. The molecule has 2 aromatic rings. The van der Waals surface area contributed by atoms with Crippen molar-refractivity contribution in [2.24, 2.45) is 5.92 Å². The van der Waals surface area contributed by atoms with Gasteiger partial charge in [-0.1, -0.05) is 13.8 Å². The first-order valence-corrected chi connectivity index (χ1v) is 9.29. The second-order valence-electron chi connectivity index (χ2n) is 7.59. The lowest BCUT2D eigenvalue weighted by Gasteiger charge is -2.22. The monoisotopic (exact) mass is 373 g/mol. The Kier molecular flexibility index (Phi) is 5.57. The van der Waals surface area contributed by atoms with Crippen LogP contribution < -0.4 is 5.32 Å². The van der Waals surface area contributed by atoms with Crippen molar-refractivity contribution in [2.45, 2.75) is 59.2 Å². The molecule has 2 N–H and O–H groups in total. The van der Waals surface area contributed by atoms with E-state index in [1.54, 1.807) is 15.8 Å². The molecule has 9 heteroatoms. The van der Waals surface area contributed by atoms with Gasteiger partial charge in [0.05, 0.1) is 11.7 Å². The van der Waals surface area contributed by atoms with Crippen LogP contribution in [0, 0.1) is 19.8 Å². The highest BCUT2D eigenvalue weighted by molar-refractivity contribution is 5.78. The SMILES string of the molecule is Cc1ccn(CC(=O)N2C[C@@H](NC(=O)CC(C)C)C[C@H]2c2n[nH]c(C)n2)n1. The molecule has 146 valence electrons. The zero-order valence-electron chi connectivity index (χ0n) is 16.3. The molecule has 0 spiro atoms. The van der Waals surface area contributed by atoms with Crippen LogP contribution in [0.2, 0.25) is 0 Å². The van der Waals surface area contributed by atoms with Gasteiger partial charge in [0, 0.05) is 25.2 Å². The van der Waals surface area contributed by atoms with Crippen LogP contribution in [0.25, 0.3) is 0 Å². The number of aromatic amines is 1. The Bertz CT molecular complexity index is 810. The third-order valence-electron chi connectivity index (χ3n) is 4.56. The van der Waals surface area contributed by atoms with Crippen LogP contribution in [-0.2, 0) is 16.1 Å². The van der Waals surface area contributed by atoms with Gasteiger partial charge < -0.3 is 10.2 Å². The average Bonchev–Trinajstić information content (AvgIpc) is 3.27. The molecular weight excluding hydrogens is 346 g/mol. The molecule has 1 fully saturated rings. The summed E-state index contributed by atoms with van der Waals surface area (Å²) in [5, 5.41) is 14.4. The Balaban J connectivity index is 1.73. The number of hydrogen-bond acceptors (Lipinski definition) is 5. The first-order chi connectivity index (χ1) is 12.8. The van der Waals surface area contributed by atoms with Gasteiger partial charge in [0.1, 0.15) is 12.4 Å². The summed E-state index contributed by atoms with van der Waals surface area (Å²) in [5.41, 5.74) is 0.865. The molecule has 0 bridgehead atoms. The van der Waals surface area contributed by atoms with Crippen molar-refractivity contribution in [1.82, 2.24) is 35.2 Å². The van der Waals surface area contributed by atoms with Crippen LogP contribution in [0.5, 0.6) is 0 Å². The number of aromatic nitrogens is 5. The second kappa shape index (κ2) is 7.89. The molecule has 2 amide bonds. The normalized spacial score (nSPS) is 19.7. The first kappa shape index (κ1) is 19.1. The smallest absolute Gasteiger partial charge is 0.244 e. The molecule has 0 aliphatic carbocycles. The van der Waals surface area contributed by atoms with Gasteiger partial charge in [-0.05, 0) is 32.3 Å². The summed E-state index contributed by atoms with van der Waals surface area (Å²) < 4.78 is 1.63. The Morgan fingerprint density at radius 3 is 2.74 bits per heavy atom. The van der Waals surface area contributed by atoms with E-state index in [4.69, 9.17) is 0 Å². The predicted octanol–water partition coefficient (Wildman–Crippen LogP) is 1.12. The van der Waals surface area contributed by atoms with Crippen LogP contribution in [0.3, 0.4) is 0 Å². The van der Waals surface area contributed by atoms with Crippen molar-refractivity contribution in [3.8, 4) is 0 Å². The Morgan fingerprint density at radius 2 is 2.15 bits per heavy atom. The largest absolute Gasteiger partial charge is 0.351 e. The summed E-state index contributed by atoms with van der Waals surface area (Å²) in [5.74, 6) is 1.52. The molecule has 27 heavy (non-hydrogen) atoms. The lowest BCUT2D eigenvalue weighted by Crippen LogP contribution is -2.40. The van der Waals surface area contributed by atoms with Crippen LogP contribution >= 0.6 is 0 Å². The molecule has 2 atom stereocenters. The number of hydrogen-bond donors (Lipinski definition) is 2. The van der Waals surface area contributed by atoms with Gasteiger partial charge in [-0.3, -0.25) is 19.4 Å². The molecule has 0 unspecified atom stereocenters. The minimum absolute atomic E-state index is 0.0110. The van der Waals surface area contributed by atoms with E-state index in [9.17, 15) is 9.59 Å². The molecule has 2 aromatic heterocycles. The lowest BCUT2D eigenvalue weighted by atomic mass is 10.1. The van der Waals surface area contributed by atoms with Gasteiger partial charge in [0.15, 0.2) is 5.82 Å². The van der Waals surface area contributed by atoms with E-state index in [0.717, 1.165) is 5.69 Å². The van der Waals surface area contributed by atoms with Crippen LogP contribution in [0.15, 0.2) is 12.3 Å². The van der Waals surface area contributed by atoms with Crippen molar-refractivity contribution in [3.63, 3.8) is 0 Å². The molecule has 1 saturated heterocycles. The highest BCUT2D eigenvalue weighted by Crippen LogP contribution is 2.30. The molecule has 3 heterocycles.